The average molecular weight is 324 g/mol. The number of amides is 1. The Kier molecular flexibility index (Phi) is 6.37. The molecule has 0 spiro atoms. The van der Waals surface area contributed by atoms with E-state index in [0.717, 1.165) is 10.2 Å². The number of rotatable bonds is 6. The Morgan fingerprint density at radius 3 is 2.84 bits per heavy atom. The summed E-state index contributed by atoms with van der Waals surface area (Å²) in [6.07, 6.45) is 0.393. The van der Waals surface area contributed by atoms with Crippen molar-refractivity contribution >= 4 is 27.5 Å². The highest BCUT2D eigenvalue weighted by molar-refractivity contribution is 9.10. The molecule has 0 heterocycles. The van der Waals surface area contributed by atoms with E-state index in [1.807, 2.05) is 18.2 Å². The summed E-state index contributed by atoms with van der Waals surface area (Å²) in [5.41, 5.74) is 1.30. The molecule has 0 unspecified atom stereocenters. The first kappa shape index (κ1) is 15.5. The molecule has 0 fully saturated rings. The van der Waals surface area contributed by atoms with Gasteiger partial charge in [-0.05, 0) is 34.0 Å². The lowest BCUT2D eigenvalue weighted by molar-refractivity contribution is -0.120. The first-order valence-corrected chi connectivity index (χ1v) is 7.03. The molecule has 0 saturated carbocycles. The summed E-state index contributed by atoms with van der Waals surface area (Å²) in [7, 11) is 0. The minimum Gasteiger partial charge on any atom is -0.383 e. The van der Waals surface area contributed by atoms with Crippen LogP contribution in [-0.2, 0) is 4.79 Å². The molecule has 0 aromatic heterocycles. The predicted octanol–water partition coefficient (Wildman–Crippen LogP) is 2.89. The molecule has 4 nitrogen and oxygen atoms in total. The van der Waals surface area contributed by atoms with Crippen molar-refractivity contribution in [3.05, 3.63) is 28.2 Å². The van der Waals surface area contributed by atoms with Gasteiger partial charge < -0.3 is 10.6 Å². The van der Waals surface area contributed by atoms with Gasteiger partial charge in [-0.25, -0.2) is 0 Å². The molecule has 0 saturated heterocycles. The van der Waals surface area contributed by atoms with E-state index in [4.69, 9.17) is 5.26 Å². The molecule has 0 radical (unpaired) electrons. The number of carbonyl (C=O) groups excluding carboxylic acids is 1. The summed E-state index contributed by atoms with van der Waals surface area (Å²) in [6.45, 7) is 5.31. The maximum absolute atomic E-state index is 11.5. The number of hydrogen-bond donors (Lipinski definition) is 2. The molecule has 0 aliphatic carbocycles. The van der Waals surface area contributed by atoms with Gasteiger partial charge >= 0.3 is 0 Å². The van der Waals surface area contributed by atoms with Crippen LogP contribution >= 0.6 is 15.9 Å². The van der Waals surface area contributed by atoms with Crippen LogP contribution in [0.25, 0.3) is 0 Å². The maximum atomic E-state index is 11.5. The molecule has 2 N–H and O–H groups in total. The topological polar surface area (TPSA) is 64.9 Å². The van der Waals surface area contributed by atoms with Gasteiger partial charge in [0.1, 0.15) is 6.07 Å². The van der Waals surface area contributed by atoms with E-state index < -0.39 is 0 Å². The van der Waals surface area contributed by atoms with Crippen molar-refractivity contribution in [2.45, 2.75) is 20.3 Å². The fourth-order valence-electron chi connectivity index (χ4n) is 1.50. The van der Waals surface area contributed by atoms with Gasteiger partial charge in [-0.2, -0.15) is 5.26 Å². The molecule has 1 amide bonds. The van der Waals surface area contributed by atoms with Crippen molar-refractivity contribution in [1.29, 1.82) is 5.26 Å². The highest BCUT2D eigenvalue weighted by Gasteiger charge is 2.06. The monoisotopic (exact) mass is 323 g/mol. The highest BCUT2D eigenvalue weighted by Crippen LogP contribution is 2.23. The highest BCUT2D eigenvalue weighted by atomic mass is 79.9. The number of halogens is 1. The molecule has 0 aliphatic heterocycles. The molecule has 102 valence electrons. The van der Waals surface area contributed by atoms with Crippen LogP contribution in [0.15, 0.2) is 22.7 Å². The summed E-state index contributed by atoms with van der Waals surface area (Å²) in [5.74, 6) is 0.474. The maximum Gasteiger partial charge on any atom is 0.221 e. The van der Waals surface area contributed by atoms with Gasteiger partial charge in [0, 0.05) is 24.0 Å². The number of nitrogens with one attached hydrogen (secondary N) is 2. The van der Waals surface area contributed by atoms with Crippen molar-refractivity contribution in [2.75, 3.05) is 18.4 Å². The summed E-state index contributed by atoms with van der Waals surface area (Å²) >= 11 is 3.33. The van der Waals surface area contributed by atoms with E-state index in [0.29, 0.717) is 31.0 Å². The first-order valence-electron chi connectivity index (χ1n) is 6.23. The number of nitrogens with zero attached hydrogens (tertiary/aromatic N) is 1. The van der Waals surface area contributed by atoms with Gasteiger partial charge in [0.15, 0.2) is 0 Å². The average Bonchev–Trinajstić information content (AvgIpc) is 2.36. The normalized spacial score (nSPS) is 10.1. The third kappa shape index (κ3) is 5.31. The van der Waals surface area contributed by atoms with Gasteiger partial charge in [-0.3, -0.25) is 4.79 Å². The second-order valence-electron chi connectivity index (χ2n) is 4.65. The van der Waals surface area contributed by atoms with Gasteiger partial charge in [0.05, 0.1) is 11.3 Å². The fraction of sp³-hybridized carbons (Fsp3) is 0.429. The second-order valence-corrected chi connectivity index (χ2v) is 5.50. The molecule has 0 bridgehead atoms. The van der Waals surface area contributed by atoms with Crippen LogP contribution in [0.2, 0.25) is 0 Å². The summed E-state index contributed by atoms with van der Waals surface area (Å²) in [5, 5.41) is 15.0. The predicted molar refractivity (Wildman–Crippen MR) is 79.8 cm³/mol. The van der Waals surface area contributed by atoms with Gasteiger partial charge in [-0.15, -0.1) is 0 Å². The van der Waals surface area contributed by atoms with Crippen molar-refractivity contribution < 1.29 is 4.79 Å². The number of anilines is 1. The number of carbonyl (C=O) groups is 1. The molecular formula is C14H18BrN3O. The zero-order chi connectivity index (χ0) is 14.3. The smallest absolute Gasteiger partial charge is 0.221 e. The number of nitriles is 1. The van der Waals surface area contributed by atoms with Gasteiger partial charge in [0.25, 0.3) is 0 Å². The Hall–Kier alpha value is -1.54. The lowest BCUT2D eigenvalue weighted by atomic mass is 10.2. The lowest BCUT2D eigenvalue weighted by Gasteiger charge is -2.10. The zero-order valence-electron chi connectivity index (χ0n) is 11.2. The number of benzene rings is 1. The molecule has 1 rings (SSSR count). The minimum absolute atomic E-state index is 0.0229. The van der Waals surface area contributed by atoms with Crippen LogP contribution in [0.3, 0.4) is 0 Å². The van der Waals surface area contributed by atoms with E-state index in [2.05, 4.69) is 46.5 Å². The van der Waals surface area contributed by atoms with Crippen LogP contribution in [0.1, 0.15) is 25.8 Å². The zero-order valence-corrected chi connectivity index (χ0v) is 12.8. The molecule has 0 atom stereocenters. The summed E-state index contributed by atoms with van der Waals surface area (Å²) in [4.78, 5) is 11.5. The van der Waals surface area contributed by atoms with Crippen LogP contribution in [0.5, 0.6) is 0 Å². The first-order chi connectivity index (χ1) is 9.04. The Labute approximate surface area is 122 Å². The standard InChI is InChI=1S/C14H18BrN3O/c1-10(2)9-18-14(19)6-7-17-13-5-3-4-12(15)11(13)8-16/h3-5,10,17H,6-7,9H2,1-2H3,(H,18,19). The van der Waals surface area contributed by atoms with E-state index >= 15 is 0 Å². The van der Waals surface area contributed by atoms with Crippen molar-refractivity contribution in [3.8, 4) is 6.07 Å². The van der Waals surface area contributed by atoms with Crippen molar-refractivity contribution in [2.24, 2.45) is 5.92 Å². The second kappa shape index (κ2) is 7.80. The molecular weight excluding hydrogens is 306 g/mol. The Morgan fingerprint density at radius 1 is 1.47 bits per heavy atom. The largest absolute Gasteiger partial charge is 0.383 e. The number of hydrogen-bond acceptors (Lipinski definition) is 3. The van der Waals surface area contributed by atoms with Crippen molar-refractivity contribution in [3.63, 3.8) is 0 Å². The van der Waals surface area contributed by atoms with Crippen LogP contribution < -0.4 is 10.6 Å². The van der Waals surface area contributed by atoms with Gasteiger partial charge in [-0.1, -0.05) is 19.9 Å². The molecule has 1 aromatic carbocycles. The minimum atomic E-state index is 0.0229. The van der Waals surface area contributed by atoms with Crippen molar-refractivity contribution in [1.82, 2.24) is 5.32 Å². The molecule has 0 aliphatic rings. The van der Waals surface area contributed by atoms with Crippen LogP contribution in [0, 0.1) is 17.2 Å². The third-order valence-electron chi connectivity index (χ3n) is 2.50. The summed E-state index contributed by atoms with van der Waals surface area (Å²) < 4.78 is 0.754. The van der Waals surface area contributed by atoms with E-state index in [9.17, 15) is 4.79 Å². The molecule has 19 heavy (non-hydrogen) atoms. The quantitative estimate of drug-likeness (QED) is 0.846. The third-order valence-corrected chi connectivity index (χ3v) is 3.16. The van der Waals surface area contributed by atoms with Gasteiger partial charge in [0.2, 0.25) is 5.91 Å². The molecule has 1 aromatic rings. The molecule has 5 heteroatoms. The Bertz CT molecular complexity index is 480. The fourth-order valence-corrected chi connectivity index (χ4v) is 1.96. The van der Waals surface area contributed by atoms with Crippen LogP contribution in [-0.4, -0.2) is 19.0 Å². The summed E-state index contributed by atoms with van der Waals surface area (Å²) in [6, 6.07) is 7.63. The Morgan fingerprint density at radius 2 is 2.21 bits per heavy atom. The van der Waals surface area contributed by atoms with E-state index in [1.165, 1.54) is 0 Å². The van der Waals surface area contributed by atoms with E-state index in [-0.39, 0.29) is 5.91 Å². The Balaban J connectivity index is 2.44. The van der Waals surface area contributed by atoms with Crippen LogP contribution in [0.4, 0.5) is 5.69 Å². The SMILES string of the molecule is CC(C)CNC(=O)CCNc1cccc(Br)c1C#N. The van der Waals surface area contributed by atoms with E-state index in [1.54, 1.807) is 0 Å². The lowest BCUT2D eigenvalue weighted by Crippen LogP contribution is -2.28.